The summed E-state index contributed by atoms with van der Waals surface area (Å²) >= 11 is 0. The van der Waals surface area contributed by atoms with Crippen molar-refractivity contribution < 1.29 is 13.6 Å². The Morgan fingerprint density at radius 1 is 1.04 bits per heavy atom. The number of hydrogen-bond donors (Lipinski definition) is 2. The van der Waals surface area contributed by atoms with Gasteiger partial charge in [0.05, 0.1) is 11.6 Å². The van der Waals surface area contributed by atoms with Crippen molar-refractivity contribution in [3.05, 3.63) is 61.8 Å². The Labute approximate surface area is 140 Å². The Morgan fingerprint density at radius 2 is 1.72 bits per heavy atom. The summed E-state index contributed by atoms with van der Waals surface area (Å²) in [4.78, 5) is 37.2. The number of anilines is 1. The molecule has 1 aromatic carbocycles. The highest BCUT2D eigenvalue weighted by Crippen LogP contribution is 2.29. The first kappa shape index (κ1) is 16.9. The predicted molar refractivity (Wildman–Crippen MR) is 86.7 cm³/mol. The van der Waals surface area contributed by atoms with E-state index in [9.17, 15) is 23.2 Å². The number of urea groups is 1. The molecule has 1 aliphatic rings. The van der Waals surface area contributed by atoms with E-state index in [1.165, 1.54) is 10.6 Å². The molecule has 0 bridgehead atoms. The van der Waals surface area contributed by atoms with E-state index < -0.39 is 35.0 Å². The van der Waals surface area contributed by atoms with Crippen LogP contribution >= 0.6 is 0 Å². The lowest BCUT2D eigenvalue weighted by Gasteiger charge is -2.29. The van der Waals surface area contributed by atoms with E-state index in [2.05, 4.69) is 10.6 Å². The van der Waals surface area contributed by atoms with Crippen molar-refractivity contribution in [1.82, 2.24) is 14.5 Å². The van der Waals surface area contributed by atoms with Gasteiger partial charge in [0, 0.05) is 13.1 Å². The Morgan fingerprint density at radius 3 is 2.32 bits per heavy atom. The van der Waals surface area contributed by atoms with E-state index in [-0.39, 0.29) is 30.0 Å². The third-order valence-corrected chi connectivity index (χ3v) is 4.17. The van der Waals surface area contributed by atoms with Gasteiger partial charge in [-0.2, -0.15) is 0 Å². The highest BCUT2D eigenvalue weighted by atomic mass is 19.2. The molecule has 0 radical (unpaired) electrons. The number of halogens is 2. The molecule has 3 rings (SSSR count). The predicted octanol–water partition coefficient (Wildman–Crippen LogP) is 1.55. The van der Waals surface area contributed by atoms with Crippen LogP contribution in [0.15, 0.2) is 27.8 Å². The number of rotatable bonds is 3. The molecule has 0 saturated carbocycles. The van der Waals surface area contributed by atoms with Crippen molar-refractivity contribution in [3.8, 4) is 0 Å². The van der Waals surface area contributed by atoms with Gasteiger partial charge in [0.2, 0.25) is 0 Å². The first-order chi connectivity index (χ1) is 11.9. The third-order valence-electron chi connectivity index (χ3n) is 4.17. The molecule has 7 nitrogen and oxygen atoms in total. The minimum atomic E-state index is -1.09. The molecule has 0 spiro atoms. The van der Waals surface area contributed by atoms with Gasteiger partial charge >= 0.3 is 11.7 Å². The van der Waals surface area contributed by atoms with Crippen molar-refractivity contribution in [2.24, 2.45) is 0 Å². The van der Waals surface area contributed by atoms with Crippen molar-refractivity contribution in [1.29, 1.82) is 0 Å². The van der Waals surface area contributed by atoms with Crippen LogP contribution in [-0.4, -0.2) is 15.2 Å². The number of benzene rings is 1. The summed E-state index contributed by atoms with van der Waals surface area (Å²) in [5.41, 5.74) is -0.820. The fourth-order valence-electron chi connectivity index (χ4n) is 2.98. The Hall–Kier alpha value is -2.97. The topological polar surface area (TPSA) is 85.1 Å². The molecule has 1 aromatic heterocycles. The lowest BCUT2D eigenvalue weighted by atomic mass is 9.98. The van der Waals surface area contributed by atoms with Gasteiger partial charge in [-0.25, -0.2) is 18.4 Å². The maximum Gasteiger partial charge on any atom is 0.332 e. The molecule has 1 atom stereocenters. The van der Waals surface area contributed by atoms with E-state index in [1.54, 1.807) is 13.8 Å². The summed E-state index contributed by atoms with van der Waals surface area (Å²) in [6.45, 7) is 3.72. The Kier molecular flexibility index (Phi) is 4.15. The summed E-state index contributed by atoms with van der Waals surface area (Å²) < 4.78 is 29.1. The SMILES string of the molecule is CCn1c2c(c(=O)n(CC)c1=O)C(c1ccc(F)c(F)c1)NC(=O)N2. The summed E-state index contributed by atoms with van der Waals surface area (Å²) in [5.74, 6) is -2.05. The van der Waals surface area contributed by atoms with Crippen LogP contribution in [0.1, 0.15) is 31.0 Å². The van der Waals surface area contributed by atoms with Gasteiger partial charge in [-0.3, -0.25) is 19.2 Å². The number of amides is 2. The molecule has 132 valence electrons. The average molecular weight is 350 g/mol. The zero-order valence-electron chi connectivity index (χ0n) is 13.6. The van der Waals surface area contributed by atoms with Crippen LogP contribution in [0.4, 0.5) is 19.4 Å². The maximum atomic E-state index is 13.6. The van der Waals surface area contributed by atoms with Gasteiger partial charge < -0.3 is 5.32 Å². The summed E-state index contributed by atoms with van der Waals surface area (Å²) in [6, 6.07) is 1.49. The summed E-state index contributed by atoms with van der Waals surface area (Å²) in [6.07, 6.45) is 0. The van der Waals surface area contributed by atoms with Crippen LogP contribution in [0, 0.1) is 11.6 Å². The van der Waals surface area contributed by atoms with E-state index in [0.717, 1.165) is 16.7 Å². The molecule has 2 amide bonds. The van der Waals surface area contributed by atoms with Gasteiger partial charge in [0.1, 0.15) is 5.82 Å². The number of carbonyl (C=O) groups is 1. The lowest BCUT2D eigenvalue weighted by molar-refractivity contribution is 0.248. The Bertz CT molecular complexity index is 981. The molecule has 25 heavy (non-hydrogen) atoms. The number of carbonyl (C=O) groups excluding carboxylic acids is 1. The molecule has 2 heterocycles. The van der Waals surface area contributed by atoms with E-state index in [1.807, 2.05) is 0 Å². The number of fused-ring (bicyclic) bond motifs is 1. The second-order valence-corrected chi connectivity index (χ2v) is 5.54. The highest BCUT2D eigenvalue weighted by molar-refractivity contribution is 5.92. The average Bonchev–Trinajstić information content (AvgIpc) is 2.57. The van der Waals surface area contributed by atoms with Crippen molar-refractivity contribution >= 4 is 11.8 Å². The van der Waals surface area contributed by atoms with Crippen molar-refractivity contribution in [2.75, 3.05) is 5.32 Å². The first-order valence-electron chi connectivity index (χ1n) is 7.79. The fourth-order valence-corrected chi connectivity index (χ4v) is 2.98. The van der Waals surface area contributed by atoms with Crippen molar-refractivity contribution in [3.63, 3.8) is 0 Å². The van der Waals surface area contributed by atoms with E-state index >= 15 is 0 Å². The number of aromatic nitrogens is 2. The van der Waals surface area contributed by atoms with Crippen molar-refractivity contribution in [2.45, 2.75) is 33.0 Å². The number of hydrogen-bond acceptors (Lipinski definition) is 3. The molecule has 2 N–H and O–H groups in total. The first-order valence-corrected chi connectivity index (χ1v) is 7.79. The van der Waals surface area contributed by atoms with Crippen LogP contribution < -0.4 is 21.9 Å². The summed E-state index contributed by atoms with van der Waals surface area (Å²) in [5, 5.41) is 5.00. The van der Waals surface area contributed by atoms with Gasteiger partial charge in [-0.05, 0) is 31.5 Å². The summed E-state index contributed by atoms with van der Waals surface area (Å²) in [7, 11) is 0. The van der Waals surface area contributed by atoms with Gasteiger partial charge in [-0.15, -0.1) is 0 Å². The normalized spacial score (nSPS) is 16.2. The molecule has 2 aromatic rings. The molecule has 9 heteroatoms. The molecular formula is C16H16F2N4O3. The maximum absolute atomic E-state index is 13.6. The number of nitrogens with zero attached hydrogens (tertiary/aromatic N) is 2. The minimum Gasteiger partial charge on any atom is -0.327 e. The Balaban J connectivity index is 2.33. The monoisotopic (exact) mass is 350 g/mol. The lowest BCUT2D eigenvalue weighted by Crippen LogP contribution is -2.50. The van der Waals surface area contributed by atoms with Crippen LogP contribution in [0.25, 0.3) is 0 Å². The van der Waals surface area contributed by atoms with Gasteiger partial charge in [-0.1, -0.05) is 6.07 Å². The standard InChI is InChI=1S/C16H16F2N4O3/c1-3-21-13-11(14(23)22(4-2)16(21)25)12(19-15(24)20-13)8-5-6-9(17)10(18)7-8/h5-7,12H,3-4H2,1-2H3,(H2,19,20,24). The third kappa shape index (κ3) is 2.61. The van der Waals surface area contributed by atoms with Crippen LogP contribution in [0.5, 0.6) is 0 Å². The second kappa shape index (κ2) is 6.15. The molecule has 1 aliphatic heterocycles. The zero-order chi connectivity index (χ0) is 18.3. The smallest absolute Gasteiger partial charge is 0.327 e. The van der Waals surface area contributed by atoms with Crippen LogP contribution in [0.3, 0.4) is 0 Å². The number of nitrogens with one attached hydrogen (secondary N) is 2. The minimum absolute atomic E-state index is 0.0701. The molecular weight excluding hydrogens is 334 g/mol. The van der Waals surface area contributed by atoms with Gasteiger partial charge in [0.15, 0.2) is 11.6 Å². The highest BCUT2D eigenvalue weighted by Gasteiger charge is 2.32. The molecule has 1 unspecified atom stereocenters. The van der Waals surface area contributed by atoms with E-state index in [4.69, 9.17) is 0 Å². The van der Waals surface area contributed by atoms with Crippen LogP contribution in [0.2, 0.25) is 0 Å². The van der Waals surface area contributed by atoms with Crippen LogP contribution in [-0.2, 0) is 13.1 Å². The quantitative estimate of drug-likeness (QED) is 0.881. The molecule has 0 fully saturated rings. The zero-order valence-corrected chi connectivity index (χ0v) is 13.6. The molecule has 0 aliphatic carbocycles. The van der Waals surface area contributed by atoms with E-state index in [0.29, 0.717) is 0 Å². The molecule has 0 saturated heterocycles. The second-order valence-electron chi connectivity index (χ2n) is 5.54. The fraction of sp³-hybridized carbons (Fsp3) is 0.312. The van der Waals surface area contributed by atoms with Gasteiger partial charge in [0.25, 0.3) is 5.56 Å². The largest absolute Gasteiger partial charge is 0.332 e.